The summed E-state index contributed by atoms with van der Waals surface area (Å²) in [6, 6.07) is 18.3. The number of hydrogen-bond acceptors (Lipinski definition) is 4. The van der Waals surface area contributed by atoms with Crippen LogP contribution in [0, 0.1) is 6.92 Å². The summed E-state index contributed by atoms with van der Waals surface area (Å²) in [7, 11) is 0. The molecule has 4 nitrogen and oxygen atoms in total. The third-order valence-corrected chi connectivity index (χ3v) is 4.98. The van der Waals surface area contributed by atoms with Gasteiger partial charge >= 0.3 is 0 Å². The topological polar surface area (TPSA) is 41.1 Å². The number of halogens is 1. The van der Waals surface area contributed by atoms with E-state index in [1.165, 1.54) is 11.3 Å². The highest BCUT2D eigenvalue weighted by Gasteiger charge is 2.20. The van der Waals surface area contributed by atoms with Gasteiger partial charge in [0.1, 0.15) is 5.82 Å². The molecule has 0 unspecified atom stereocenters. The van der Waals surface area contributed by atoms with E-state index in [1.807, 2.05) is 37.3 Å². The van der Waals surface area contributed by atoms with Crippen LogP contribution < -0.4 is 10.2 Å². The van der Waals surface area contributed by atoms with Crippen LogP contribution in [-0.4, -0.2) is 16.5 Å². The predicted molar refractivity (Wildman–Crippen MR) is 107 cm³/mol. The van der Waals surface area contributed by atoms with Crippen LogP contribution in [0.3, 0.4) is 0 Å². The van der Waals surface area contributed by atoms with Crippen LogP contribution in [0.1, 0.15) is 23.2 Å². The maximum absolute atomic E-state index is 6.25. The quantitative estimate of drug-likeness (QED) is 0.696. The summed E-state index contributed by atoms with van der Waals surface area (Å²) in [5.41, 5.74) is 4.56. The van der Waals surface area contributed by atoms with Gasteiger partial charge in [-0.15, -0.1) is 0 Å². The van der Waals surface area contributed by atoms with E-state index < -0.39 is 0 Å². The molecule has 0 fully saturated rings. The molecular formula is C21H21ClN4. The maximum atomic E-state index is 6.25. The molecule has 0 atom stereocenters. The SMILES string of the molecule is Cc1cc(NCc2ccccc2Cl)nc(N2CCCc3ccccc32)n1. The van der Waals surface area contributed by atoms with E-state index in [-0.39, 0.29) is 0 Å². The van der Waals surface area contributed by atoms with Gasteiger partial charge in [0.2, 0.25) is 5.95 Å². The van der Waals surface area contributed by atoms with Crippen LogP contribution >= 0.6 is 11.6 Å². The Bertz CT molecular complexity index is 925. The molecule has 0 amide bonds. The van der Waals surface area contributed by atoms with Crippen molar-refractivity contribution in [3.63, 3.8) is 0 Å². The van der Waals surface area contributed by atoms with Gasteiger partial charge in [-0.2, -0.15) is 4.98 Å². The van der Waals surface area contributed by atoms with E-state index in [9.17, 15) is 0 Å². The van der Waals surface area contributed by atoms with Crippen molar-refractivity contribution in [3.8, 4) is 0 Å². The fourth-order valence-corrected chi connectivity index (χ4v) is 3.54. The summed E-state index contributed by atoms with van der Waals surface area (Å²) < 4.78 is 0. The summed E-state index contributed by atoms with van der Waals surface area (Å²) in [6.45, 7) is 3.57. The number of rotatable bonds is 4. The lowest BCUT2D eigenvalue weighted by atomic mass is 10.0. The van der Waals surface area contributed by atoms with Gasteiger partial charge in [-0.25, -0.2) is 4.98 Å². The second kappa shape index (κ2) is 7.34. The van der Waals surface area contributed by atoms with Crippen molar-refractivity contribution in [3.05, 3.63) is 76.4 Å². The van der Waals surface area contributed by atoms with Gasteiger partial charge in [-0.3, -0.25) is 0 Å². The Morgan fingerprint density at radius 1 is 1.08 bits per heavy atom. The highest BCUT2D eigenvalue weighted by Crippen LogP contribution is 2.32. The molecule has 0 aliphatic carbocycles. The van der Waals surface area contributed by atoms with Crippen LogP contribution in [0.25, 0.3) is 0 Å². The number of nitrogens with one attached hydrogen (secondary N) is 1. The molecule has 0 saturated heterocycles. The Labute approximate surface area is 158 Å². The summed E-state index contributed by atoms with van der Waals surface area (Å²) in [5.74, 6) is 1.56. The Hall–Kier alpha value is -2.59. The van der Waals surface area contributed by atoms with Crippen molar-refractivity contribution in [2.75, 3.05) is 16.8 Å². The molecular weight excluding hydrogens is 344 g/mol. The normalized spacial score (nSPS) is 13.4. The Balaban J connectivity index is 1.60. The first-order valence-electron chi connectivity index (χ1n) is 8.89. The van der Waals surface area contributed by atoms with Gasteiger partial charge in [0.25, 0.3) is 0 Å². The largest absolute Gasteiger partial charge is 0.366 e. The van der Waals surface area contributed by atoms with E-state index in [4.69, 9.17) is 16.6 Å². The molecule has 26 heavy (non-hydrogen) atoms. The molecule has 1 aromatic heterocycles. The lowest BCUT2D eigenvalue weighted by Gasteiger charge is -2.29. The number of para-hydroxylation sites is 1. The van der Waals surface area contributed by atoms with Gasteiger partial charge in [-0.1, -0.05) is 48.0 Å². The van der Waals surface area contributed by atoms with Crippen LogP contribution in [0.15, 0.2) is 54.6 Å². The summed E-state index contributed by atoms with van der Waals surface area (Å²) in [6.07, 6.45) is 2.22. The lowest BCUT2D eigenvalue weighted by molar-refractivity contribution is 0.749. The first-order chi connectivity index (χ1) is 12.7. The van der Waals surface area contributed by atoms with Gasteiger partial charge in [0, 0.05) is 35.6 Å². The molecule has 132 valence electrons. The molecule has 1 N–H and O–H groups in total. The molecule has 2 aromatic carbocycles. The number of fused-ring (bicyclic) bond motifs is 1. The fourth-order valence-electron chi connectivity index (χ4n) is 3.33. The minimum absolute atomic E-state index is 0.631. The fraction of sp³-hybridized carbons (Fsp3) is 0.238. The Morgan fingerprint density at radius 2 is 1.88 bits per heavy atom. The standard InChI is InChI=1S/C21H21ClN4/c1-15-13-20(23-14-17-8-2-4-10-18(17)22)25-21(24-15)26-12-6-9-16-7-3-5-11-19(16)26/h2-5,7-8,10-11,13H,6,9,12,14H2,1H3,(H,23,24,25). The van der Waals surface area contributed by atoms with E-state index >= 15 is 0 Å². The van der Waals surface area contributed by atoms with Crippen molar-refractivity contribution in [1.82, 2.24) is 9.97 Å². The molecule has 2 heterocycles. The summed E-state index contributed by atoms with van der Waals surface area (Å²) in [5, 5.41) is 4.14. The number of anilines is 3. The molecule has 0 bridgehead atoms. The molecule has 4 rings (SSSR count). The Kier molecular flexibility index (Phi) is 4.76. The molecule has 0 saturated carbocycles. The van der Waals surface area contributed by atoms with Crippen molar-refractivity contribution >= 4 is 29.1 Å². The average Bonchev–Trinajstić information content (AvgIpc) is 2.66. The van der Waals surface area contributed by atoms with Crippen molar-refractivity contribution in [1.29, 1.82) is 0 Å². The molecule has 5 heteroatoms. The smallest absolute Gasteiger partial charge is 0.232 e. The van der Waals surface area contributed by atoms with Crippen LogP contribution in [-0.2, 0) is 13.0 Å². The zero-order valence-electron chi connectivity index (χ0n) is 14.7. The van der Waals surface area contributed by atoms with Crippen molar-refractivity contribution < 1.29 is 0 Å². The van der Waals surface area contributed by atoms with Gasteiger partial charge in [0.05, 0.1) is 0 Å². The van der Waals surface area contributed by atoms with Gasteiger partial charge < -0.3 is 10.2 Å². The highest BCUT2D eigenvalue weighted by molar-refractivity contribution is 6.31. The molecule has 3 aromatic rings. The van der Waals surface area contributed by atoms with Gasteiger partial charge in [-0.05, 0) is 43.0 Å². The summed E-state index contributed by atoms with van der Waals surface area (Å²) in [4.78, 5) is 11.7. The number of benzene rings is 2. The van der Waals surface area contributed by atoms with Gasteiger partial charge in [0.15, 0.2) is 0 Å². The number of nitrogens with zero attached hydrogens (tertiary/aromatic N) is 3. The molecule has 1 aliphatic rings. The maximum Gasteiger partial charge on any atom is 0.232 e. The predicted octanol–water partition coefficient (Wildman–Crippen LogP) is 5.13. The first kappa shape index (κ1) is 16.9. The summed E-state index contributed by atoms with van der Waals surface area (Å²) >= 11 is 6.25. The highest BCUT2D eigenvalue weighted by atomic mass is 35.5. The monoisotopic (exact) mass is 364 g/mol. The van der Waals surface area contributed by atoms with E-state index in [1.54, 1.807) is 0 Å². The molecule has 0 radical (unpaired) electrons. The number of hydrogen-bond donors (Lipinski definition) is 1. The molecule has 1 aliphatic heterocycles. The number of aryl methyl sites for hydroxylation is 2. The second-order valence-electron chi connectivity index (χ2n) is 6.52. The van der Waals surface area contributed by atoms with E-state index in [0.717, 1.165) is 47.4 Å². The lowest BCUT2D eigenvalue weighted by Crippen LogP contribution is -2.26. The number of aromatic nitrogens is 2. The van der Waals surface area contributed by atoms with Crippen LogP contribution in [0.5, 0.6) is 0 Å². The zero-order chi connectivity index (χ0) is 17.9. The Morgan fingerprint density at radius 3 is 2.77 bits per heavy atom. The second-order valence-corrected chi connectivity index (χ2v) is 6.93. The third kappa shape index (κ3) is 3.51. The van der Waals surface area contributed by atoms with Crippen molar-refractivity contribution in [2.45, 2.75) is 26.3 Å². The first-order valence-corrected chi connectivity index (χ1v) is 9.27. The van der Waals surface area contributed by atoms with E-state index in [0.29, 0.717) is 6.54 Å². The van der Waals surface area contributed by atoms with Crippen LogP contribution in [0.2, 0.25) is 5.02 Å². The molecule has 0 spiro atoms. The van der Waals surface area contributed by atoms with Crippen molar-refractivity contribution in [2.24, 2.45) is 0 Å². The van der Waals surface area contributed by atoms with E-state index in [2.05, 4.69) is 39.5 Å². The minimum Gasteiger partial charge on any atom is -0.366 e. The third-order valence-electron chi connectivity index (χ3n) is 4.61. The van der Waals surface area contributed by atoms with Crippen LogP contribution in [0.4, 0.5) is 17.5 Å². The average molecular weight is 365 g/mol. The minimum atomic E-state index is 0.631. The zero-order valence-corrected chi connectivity index (χ0v) is 15.5.